The van der Waals surface area contributed by atoms with Gasteiger partial charge in [0.15, 0.2) is 23.1 Å². The molecule has 0 aliphatic heterocycles. The number of hydrogen-bond acceptors (Lipinski definition) is 2. The van der Waals surface area contributed by atoms with Crippen LogP contribution >= 0.6 is 0 Å². The zero-order valence-electron chi connectivity index (χ0n) is 15.6. The molecule has 0 radical (unpaired) electrons. The monoisotopic (exact) mass is 392 g/mol. The van der Waals surface area contributed by atoms with E-state index < -0.39 is 23.3 Å². The molecule has 3 rings (SSSR count). The third-order valence-corrected chi connectivity index (χ3v) is 4.52. The van der Waals surface area contributed by atoms with Crippen molar-refractivity contribution in [1.82, 2.24) is 0 Å². The molecule has 0 unspecified atom stereocenters. The molecule has 0 N–H and O–H groups in total. The molecule has 2 aromatic rings. The predicted molar refractivity (Wildman–Crippen MR) is 100 cm³/mol. The largest absolute Gasteiger partial charge is 0.491 e. The number of rotatable bonds is 6. The summed E-state index contributed by atoms with van der Waals surface area (Å²) >= 11 is 0. The van der Waals surface area contributed by atoms with E-state index in [1.165, 1.54) is 24.3 Å². The summed E-state index contributed by atoms with van der Waals surface area (Å²) in [6, 6.07) is 5.70. The maximum atomic E-state index is 14.4. The second-order valence-corrected chi connectivity index (χ2v) is 6.21. The fourth-order valence-electron chi connectivity index (χ4n) is 3.17. The molecule has 0 fully saturated rings. The van der Waals surface area contributed by atoms with Crippen LogP contribution in [0.3, 0.4) is 0 Å². The lowest BCUT2D eigenvalue weighted by Crippen LogP contribution is -2.03. The van der Waals surface area contributed by atoms with Gasteiger partial charge in [0.05, 0.1) is 13.2 Å². The van der Waals surface area contributed by atoms with E-state index >= 15 is 0 Å². The van der Waals surface area contributed by atoms with Crippen LogP contribution in [0.1, 0.15) is 37.8 Å². The predicted octanol–water partition coefficient (Wildman–Crippen LogP) is 6.30. The Hall–Kier alpha value is -2.76. The van der Waals surface area contributed by atoms with E-state index in [0.29, 0.717) is 11.1 Å². The van der Waals surface area contributed by atoms with Crippen molar-refractivity contribution in [2.75, 3.05) is 13.2 Å². The summed E-state index contributed by atoms with van der Waals surface area (Å²) in [5, 5.41) is 0. The van der Waals surface area contributed by atoms with Crippen molar-refractivity contribution in [2.45, 2.75) is 26.7 Å². The zero-order valence-corrected chi connectivity index (χ0v) is 15.6. The van der Waals surface area contributed by atoms with Crippen LogP contribution in [0.2, 0.25) is 0 Å². The molecule has 6 heteroatoms. The Balaban J connectivity index is 1.83. The number of hydrogen-bond donors (Lipinski definition) is 0. The van der Waals surface area contributed by atoms with Crippen LogP contribution in [0.4, 0.5) is 17.6 Å². The van der Waals surface area contributed by atoms with Gasteiger partial charge in [-0.25, -0.2) is 8.78 Å². The van der Waals surface area contributed by atoms with E-state index in [4.69, 9.17) is 9.47 Å². The molecule has 28 heavy (non-hydrogen) atoms. The molecule has 1 aliphatic rings. The molecule has 2 aromatic carbocycles. The Bertz CT molecular complexity index is 871. The van der Waals surface area contributed by atoms with Crippen LogP contribution in [-0.2, 0) is 0 Å². The van der Waals surface area contributed by atoms with Gasteiger partial charge in [-0.05, 0) is 62.1 Å². The van der Waals surface area contributed by atoms with Crippen molar-refractivity contribution in [3.8, 4) is 11.5 Å². The molecule has 1 aliphatic carbocycles. The summed E-state index contributed by atoms with van der Waals surface area (Å²) in [5.41, 5.74) is 1.43. The van der Waals surface area contributed by atoms with E-state index in [2.05, 4.69) is 0 Å². The topological polar surface area (TPSA) is 18.5 Å². The second-order valence-electron chi connectivity index (χ2n) is 6.21. The quantitative estimate of drug-likeness (QED) is 0.537. The van der Waals surface area contributed by atoms with Crippen molar-refractivity contribution >= 4 is 11.1 Å². The van der Waals surface area contributed by atoms with Crippen LogP contribution in [0.5, 0.6) is 11.5 Å². The van der Waals surface area contributed by atoms with Crippen molar-refractivity contribution in [2.24, 2.45) is 0 Å². The molecule has 148 valence electrons. The number of allylic oxidation sites excluding steroid dienone is 4. The third kappa shape index (κ3) is 3.77. The lowest BCUT2D eigenvalue weighted by molar-refractivity contribution is 0.313. The van der Waals surface area contributed by atoms with Gasteiger partial charge in [-0.15, -0.1) is 0 Å². The van der Waals surface area contributed by atoms with Gasteiger partial charge in [0.1, 0.15) is 0 Å². The summed E-state index contributed by atoms with van der Waals surface area (Å²) in [6.45, 7) is 3.83. The summed E-state index contributed by atoms with van der Waals surface area (Å²) in [7, 11) is 0. The Kier molecular flexibility index (Phi) is 6.07. The first-order chi connectivity index (χ1) is 13.5. The molecule has 0 atom stereocenters. The maximum absolute atomic E-state index is 14.4. The summed E-state index contributed by atoms with van der Waals surface area (Å²) < 4.78 is 67.1. The van der Waals surface area contributed by atoms with Crippen molar-refractivity contribution in [1.29, 1.82) is 0 Å². The SMILES string of the molecule is CCOc1ccc(C2=CCC(c3ccc(OCC)c(F)c3F)=CC2)c(F)c1F. The van der Waals surface area contributed by atoms with E-state index in [-0.39, 0.29) is 48.7 Å². The highest BCUT2D eigenvalue weighted by Crippen LogP contribution is 2.36. The van der Waals surface area contributed by atoms with E-state index in [1.807, 2.05) is 0 Å². The molecule has 0 saturated carbocycles. The first-order valence-corrected chi connectivity index (χ1v) is 9.08. The van der Waals surface area contributed by atoms with Crippen LogP contribution < -0.4 is 9.47 Å². The maximum Gasteiger partial charge on any atom is 0.201 e. The minimum Gasteiger partial charge on any atom is -0.491 e. The fourth-order valence-corrected chi connectivity index (χ4v) is 3.17. The van der Waals surface area contributed by atoms with Gasteiger partial charge in [0, 0.05) is 11.1 Å². The first kappa shape index (κ1) is 20.0. The Morgan fingerprint density at radius 2 is 1.04 bits per heavy atom. The Labute approximate surface area is 161 Å². The van der Waals surface area contributed by atoms with Gasteiger partial charge in [0.2, 0.25) is 11.6 Å². The molecular weight excluding hydrogens is 372 g/mol. The van der Waals surface area contributed by atoms with Gasteiger partial charge >= 0.3 is 0 Å². The van der Waals surface area contributed by atoms with Crippen LogP contribution in [0.25, 0.3) is 11.1 Å². The summed E-state index contributed by atoms with van der Waals surface area (Å²) in [5.74, 6) is -4.30. The number of benzene rings is 2. The van der Waals surface area contributed by atoms with E-state index in [1.54, 1.807) is 26.0 Å². The lowest BCUT2D eigenvalue weighted by atomic mass is 9.90. The first-order valence-electron chi connectivity index (χ1n) is 9.08. The molecule has 0 bridgehead atoms. The Morgan fingerprint density at radius 3 is 1.36 bits per heavy atom. The van der Waals surface area contributed by atoms with Gasteiger partial charge in [-0.1, -0.05) is 12.2 Å². The third-order valence-electron chi connectivity index (χ3n) is 4.52. The van der Waals surface area contributed by atoms with Gasteiger partial charge in [-0.3, -0.25) is 0 Å². The standard InChI is InChI=1S/C22H20F4O2/c1-3-27-17-11-9-15(19(23)21(17)25)13-5-7-14(8-6-13)16-10-12-18(28-4-2)22(26)20(16)24/h5,8-12H,3-4,6-7H2,1-2H3. The molecular formula is C22H20F4O2. The highest BCUT2D eigenvalue weighted by atomic mass is 19.2. The number of ether oxygens (including phenoxy) is 2. The highest BCUT2D eigenvalue weighted by Gasteiger charge is 2.21. The highest BCUT2D eigenvalue weighted by molar-refractivity contribution is 5.78. The average Bonchev–Trinajstić information content (AvgIpc) is 2.70. The van der Waals surface area contributed by atoms with Crippen molar-refractivity contribution < 1.29 is 27.0 Å². The van der Waals surface area contributed by atoms with Crippen molar-refractivity contribution in [3.05, 3.63) is 70.8 Å². The van der Waals surface area contributed by atoms with E-state index in [9.17, 15) is 17.6 Å². The minimum atomic E-state index is -1.03. The van der Waals surface area contributed by atoms with Crippen LogP contribution in [-0.4, -0.2) is 13.2 Å². The summed E-state index contributed by atoms with van der Waals surface area (Å²) in [4.78, 5) is 0. The molecule has 2 nitrogen and oxygen atoms in total. The second kappa shape index (κ2) is 8.50. The zero-order chi connectivity index (χ0) is 20.3. The molecule has 0 aromatic heterocycles. The molecule has 0 amide bonds. The van der Waals surface area contributed by atoms with Gasteiger partial charge < -0.3 is 9.47 Å². The minimum absolute atomic E-state index is 0.134. The normalized spacial score (nSPS) is 13.8. The van der Waals surface area contributed by atoms with Crippen molar-refractivity contribution in [3.63, 3.8) is 0 Å². The van der Waals surface area contributed by atoms with E-state index in [0.717, 1.165) is 0 Å². The lowest BCUT2D eigenvalue weighted by Gasteiger charge is -2.17. The van der Waals surface area contributed by atoms with Crippen LogP contribution in [0, 0.1) is 23.3 Å². The van der Waals surface area contributed by atoms with Gasteiger partial charge in [-0.2, -0.15) is 8.78 Å². The average molecular weight is 392 g/mol. The fraction of sp³-hybridized carbons (Fsp3) is 0.273. The molecule has 0 heterocycles. The van der Waals surface area contributed by atoms with Gasteiger partial charge in [0.25, 0.3) is 0 Å². The van der Waals surface area contributed by atoms with Crippen LogP contribution in [0.15, 0.2) is 36.4 Å². The molecule has 0 spiro atoms. The Morgan fingerprint density at radius 1 is 0.643 bits per heavy atom. The summed E-state index contributed by atoms with van der Waals surface area (Å²) in [6.07, 6.45) is 3.94. The smallest absolute Gasteiger partial charge is 0.201 e. The number of halogens is 4. The molecule has 0 saturated heterocycles.